The lowest BCUT2D eigenvalue weighted by atomic mass is 9.64. The Morgan fingerprint density at radius 2 is 1.30 bits per heavy atom. The van der Waals surface area contributed by atoms with Gasteiger partial charge in [0.05, 0.1) is 24.0 Å². The molecule has 8 atom stereocenters. The highest BCUT2D eigenvalue weighted by Gasteiger charge is 2.79. The number of aliphatic carboxylic acids is 1. The highest BCUT2D eigenvalue weighted by Crippen LogP contribution is 2.54. The number of nitrogens with one attached hydrogen (secondary N) is 2. The lowest BCUT2D eigenvalue weighted by molar-refractivity contribution is -0.240. The average Bonchev–Trinajstić information content (AvgIpc) is 3.30. The minimum Gasteiger partial charge on any atom is -0.479 e. The Balaban J connectivity index is 0.000000197. The van der Waals surface area contributed by atoms with Crippen LogP contribution in [0, 0.1) is 23.7 Å². The number of carbonyl (C=O) groups excluding carboxylic acids is 3. The number of hydrogen-bond acceptors (Lipinski definition) is 8. The van der Waals surface area contributed by atoms with Gasteiger partial charge in [-0.05, 0) is 64.2 Å². The number of fused-ring (bicyclic) bond motifs is 1. The van der Waals surface area contributed by atoms with Crippen LogP contribution in [0.2, 0.25) is 0 Å². The molecule has 5 rings (SSSR count). The van der Waals surface area contributed by atoms with Gasteiger partial charge in [-0.25, -0.2) is 9.59 Å². The number of ether oxygens (including phenoxy) is 1. The molecule has 0 aromatic rings. The van der Waals surface area contributed by atoms with E-state index in [0.717, 1.165) is 44.9 Å². The largest absolute Gasteiger partial charge is 0.479 e. The van der Waals surface area contributed by atoms with Gasteiger partial charge in [0.15, 0.2) is 11.1 Å². The van der Waals surface area contributed by atoms with Gasteiger partial charge < -0.3 is 35.8 Å². The Morgan fingerprint density at radius 1 is 0.837 bits per heavy atom. The second-order valence-electron chi connectivity index (χ2n) is 13.3. The van der Waals surface area contributed by atoms with E-state index < -0.39 is 64.2 Å². The fourth-order valence-corrected chi connectivity index (χ4v) is 8.84. The lowest BCUT2D eigenvalue weighted by Gasteiger charge is -2.54. The van der Waals surface area contributed by atoms with Gasteiger partial charge in [0.2, 0.25) is 17.4 Å². The monoisotopic (exact) mass is 648 g/mol. The number of esters is 1. The van der Waals surface area contributed by atoms with Crippen LogP contribution in [0.25, 0.3) is 0 Å². The molecule has 5 fully saturated rings. The van der Waals surface area contributed by atoms with Crippen LogP contribution in [0.5, 0.6) is 0 Å². The zero-order valence-corrected chi connectivity index (χ0v) is 26.5. The molecule has 43 heavy (non-hydrogen) atoms. The predicted molar refractivity (Wildman–Crippen MR) is 157 cm³/mol. The Labute approximate surface area is 262 Å². The molecule has 3 heterocycles. The molecule has 2 amide bonds. The molecular formula is C30H46Cl2N2O9. The maximum absolute atomic E-state index is 12.3. The molecule has 11 nitrogen and oxygen atoms in total. The summed E-state index contributed by atoms with van der Waals surface area (Å²) in [5, 5.41) is 47.3. The molecule has 0 radical (unpaired) electrons. The molecule has 244 valence electrons. The minimum absolute atomic E-state index is 0.0426. The van der Waals surface area contributed by atoms with Crippen LogP contribution in [0.4, 0.5) is 0 Å². The Hall–Kier alpha value is -1.66. The summed E-state index contributed by atoms with van der Waals surface area (Å²) in [7, 11) is 0. The number of aliphatic hydroxyl groups excluding tert-OH is 2. The lowest BCUT2D eigenvalue weighted by Crippen LogP contribution is -2.80. The van der Waals surface area contributed by atoms with Crippen LogP contribution in [-0.4, -0.2) is 90.4 Å². The summed E-state index contributed by atoms with van der Waals surface area (Å²) in [5.74, 6) is -3.89. The molecule has 0 aromatic heterocycles. The van der Waals surface area contributed by atoms with E-state index in [1.165, 1.54) is 13.3 Å². The summed E-state index contributed by atoms with van der Waals surface area (Å²) in [6.07, 6.45) is 7.74. The summed E-state index contributed by atoms with van der Waals surface area (Å²) in [6, 6.07) is 0. The van der Waals surface area contributed by atoms with Crippen LogP contribution in [0.1, 0.15) is 90.9 Å². The summed E-state index contributed by atoms with van der Waals surface area (Å²) in [6.45, 7) is 3.05. The van der Waals surface area contributed by atoms with E-state index in [1.807, 2.05) is 0 Å². The molecule has 0 spiro atoms. The van der Waals surface area contributed by atoms with Gasteiger partial charge in [0.1, 0.15) is 5.60 Å². The van der Waals surface area contributed by atoms with Gasteiger partial charge in [0, 0.05) is 11.8 Å². The van der Waals surface area contributed by atoms with E-state index >= 15 is 0 Å². The summed E-state index contributed by atoms with van der Waals surface area (Å²) in [4.78, 5) is 48.6. The summed E-state index contributed by atoms with van der Waals surface area (Å²) >= 11 is 11.4. The fourth-order valence-electron chi connectivity index (χ4n) is 8.40. The molecule has 2 saturated carbocycles. The van der Waals surface area contributed by atoms with Crippen LogP contribution >= 0.6 is 23.2 Å². The standard InChI is InChI=1S/C15H24ClNO5.C15H22ClNO4/c1-14(22)10(7-8-16)12(19)17-15(14,13(20)21)11(18)9-5-3-2-4-6-9;1-14-10(7-8-16)12(19)17-15(14,13(20)21-14)11(18)9-5-3-2-4-6-9/h9-11,18,22H,2-8H2,1H3,(H,17,19)(H,20,21);9-11,18H,2-8H2,1H3,(H,17,19)/t2*10-,11-,14-,15-/m00/s1. The Morgan fingerprint density at radius 3 is 1.77 bits per heavy atom. The van der Waals surface area contributed by atoms with Crippen molar-refractivity contribution in [3.8, 4) is 0 Å². The molecule has 0 aromatic carbocycles. The minimum atomic E-state index is -2.08. The van der Waals surface area contributed by atoms with Crippen molar-refractivity contribution < 1.29 is 44.3 Å². The quantitative estimate of drug-likeness (QED) is 0.161. The third-order valence-corrected chi connectivity index (χ3v) is 11.5. The van der Waals surface area contributed by atoms with E-state index in [0.29, 0.717) is 25.1 Å². The molecule has 2 aliphatic carbocycles. The zero-order chi connectivity index (χ0) is 31.8. The second-order valence-corrected chi connectivity index (χ2v) is 14.0. The molecule has 6 N–H and O–H groups in total. The fraction of sp³-hybridized carbons (Fsp3) is 0.867. The van der Waals surface area contributed by atoms with Crippen molar-refractivity contribution in [1.29, 1.82) is 0 Å². The maximum atomic E-state index is 12.3. The van der Waals surface area contributed by atoms with E-state index in [-0.39, 0.29) is 30.0 Å². The molecule has 0 unspecified atom stereocenters. The first-order valence-corrected chi connectivity index (χ1v) is 16.6. The number of amides is 2. The van der Waals surface area contributed by atoms with Gasteiger partial charge in [-0.2, -0.15) is 0 Å². The van der Waals surface area contributed by atoms with Gasteiger partial charge >= 0.3 is 11.9 Å². The van der Waals surface area contributed by atoms with E-state index in [2.05, 4.69) is 10.6 Å². The smallest absolute Gasteiger partial charge is 0.339 e. The van der Waals surface area contributed by atoms with Crippen LogP contribution < -0.4 is 10.6 Å². The van der Waals surface area contributed by atoms with Crippen LogP contribution in [0.15, 0.2) is 0 Å². The second kappa shape index (κ2) is 13.0. The first kappa shape index (κ1) is 34.2. The van der Waals surface area contributed by atoms with E-state index in [9.17, 15) is 39.6 Å². The van der Waals surface area contributed by atoms with Gasteiger partial charge in [-0.3, -0.25) is 9.59 Å². The summed E-state index contributed by atoms with van der Waals surface area (Å²) < 4.78 is 5.36. The Bertz CT molecular complexity index is 1080. The van der Waals surface area contributed by atoms with E-state index in [4.69, 9.17) is 27.9 Å². The normalized spacial score (nSPS) is 39.4. The number of hydrogen-bond donors (Lipinski definition) is 6. The highest BCUT2D eigenvalue weighted by atomic mass is 35.5. The topological polar surface area (TPSA) is 182 Å². The third kappa shape index (κ3) is 5.34. The average molecular weight is 650 g/mol. The number of carboxylic acid groups (broad SMARTS) is 1. The van der Waals surface area contributed by atoms with Gasteiger partial charge in [0.25, 0.3) is 0 Å². The van der Waals surface area contributed by atoms with Crippen molar-refractivity contribution in [2.75, 3.05) is 11.8 Å². The zero-order valence-electron chi connectivity index (χ0n) is 24.9. The third-order valence-electron chi connectivity index (χ3n) is 11.0. The number of carbonyl (C=O) groups is 4. The van der Waals surface area contributed by atoms with Crippen molar-refractivity contribution in [3.05, 3.63) is 0 Å². The van der Waals surface area contributed by atoms with Gasteiger partial charge in [-0.15, -0.1) is 23.2 Å². The first-order valence-electron chi connectivity index (χ1n) is 15.6. The number of carboxylic acids is 1. The number of aliphatic hydroxyl groups is 3. The molecule has 0 bridgehead atoms. The number of alkyl halides is 2. The van der Waals surface area contributed by atoms with Gasteiger partial charge in [-0.1, -0.05) is 38.5 Å². The summed E-state index contributed by atoms with van der Waals surface area (Å²) in [5.41, 5.74) is -6.24. The molecule has 13 heteroatoms. The SMILES string of the molecule is C[C@@]12OC(=O)[C@]1([C@@H](O)C1CCCCC1)NC(=O)[C@@H]2CCCl.C[C@]1(O)[C@@H](CCCl)C(=O)N[C@]1(C(=O)O)[C@@H](O)C1CCCCC1. The maximum Gasteiger partial charge on any atom is 0.339 e. The van der Waals surface area contributed by atoms with Crippen molar-refractivity contribution in [2.45, 2.75) is 125 Å². The predicted octanol–water partition coefficient (Wildman–Crippen LogP) is 2.23. The molecule has 5 aliphatic rings. The number of rotatable bonds is 9. The van der Waals surface area contributed by atoms with Crippen molar-refractivity contribution >= 4 is 47.0 Å². The number of halogens is 2. The molecular weight excluding hydrogens is 603 g/mol. The molecule has 3 saturated heterocycles. The van der Waals surface area contributed by atoms with Crippen molar-refractivity contribution in [1.82, 2.24) is 10.6 Å². The Kier molecular flexibility index (Phi) is 10.3. The van der Waals surface area contributed by atoms with Crippen LogP contribution in [-0.2, 0) is 23.9 Å². The van der Waals surface area contributed by atoms with Crippen molar-refractivity contribution in [2.24, 2.45) is 23.7 Å². The first-order chi connectivity index (χ1) is 20.3. The van der Waals surface area contributed by atoms with Crippen molar-refractivity contribution in [3.63, 3.8) is 0 Å². The van der Waals surface area contributed by atoms with E-state index in [1.54, 1.807) is 6.92 Å². The molecule has 3 aliphatic heterocycles. The highest BCUT2D eigenvalue weighted by molar-refractivity contribution is 6.18. The van der Waals surface area contributed by atoms with Crippen LogP contribution in [0.3, 0.4) is 0 Å².